The molecule has 5 heterocycles. The van der Waals surface area contributed by atoms with Gasteiger partial charge in [-0.2, -0.15) is 10.2 Å². The maximum Gasteiger partial charge on any atom is 0.328 e. The van der Waals surface area contributed by atoms with Crippen molar-refractivity contribution in [3.05, 3.63) is 58.9 Å². The van der Waals surface area contributed by atoms with E-state index in [1.807, 2.05) is 10.9 Å². The number of nitrogens with one attached hydrogen (secondary N) is 3. The highest BCUT2D eigenvalue weighted by Crippen LogP contribution is 2.70. The van der Waals surface area contributed by atoms with Crippen molar-refractivity contribution >= 4 is 29.2 Å². The average Bonchev–Trinajstić information content (AvgIpc) is 3.53. The molecule has 51 heavy (non-hydrogen) atoms. The number of aliphatic hydroxyl groups is 1. The summed E-state index contributed by atoms with van der Waals surface area (Å²) in [5.74, 6) is -4.22. The first-order chi connectivity index (χ1) is 24.4. The van der Waals surface area contributed by atoms with Gasteiger partial charge < -0.3 is 20.2 Å². The number of fused-ring (bicyclic) bond motifs is 2. The summed E-state index contributed by atoms with van der Waals surface area (Å²) < 4.78 is 45.2. The van der Waals surface area contributed by atoms with Gasteiger partial charge in [-0.25, -0.2) is 18.0 Å². The number of halogens is 3. The topological polar surface area (TPSA) is 152 Å². The molecule has 3 aromatic rings. The highest BCUT2D eigenvalue weighted by atomic mass is 19.3. The number of nitrogens with zero attached hydrogens (tertiary/aromatic N) is 6. The first-order valence-corrected chi connectivity index (χ1v) is 17.8. The Balaban J connectivity index is 0.794. The number of piperidine rings is 2. The van der Waals surface area contributed by atoms with Gasteiger partial charge in [0.2, 0.25) is 5.91 Å². The molecule has 1 aromatic carbocycles. The third-order valence-electron chi connectivity index (χ3n) is 11.9. The molecule has 1 unspecified atom stereocenters. The smallest absolute Gasteiger partial charge is 0.328 e. The zero-order valence-corrected chi connectivity index (χ0v) is 28.4. The molecule has 13 nitrogen and oxygen atoms in total. The molecule has 5 aliphatic rings. The highest BCUT2D eigenvalue weighted by Gasteiger charge is 2.78. The summed E-state index contributed by atoms with van der Waals surface area (Å²) in [6.07, 6.45) is 6.41. The highest BCUT2D eigenvalue weighted by molar-refractivity contribution is 6.06. The second-order valence-electron chi connectivity index (χ2n) is 15.0. The minimum Gasteiger partial charge on any atom is -0.368 e. The third-order valence-corrected chi connectivity index (χ3v) is 11.9. The number of benzene rings is 1. The van der Waals surface area contributed by atoms with E-state index in [2.05, 4.69) is 30.8 Å². The van der Waals surface area contributed by atoms with E-state index < -0.39 is 41.2 Å². The summed E-state index contributed by atoms with van der Waals surface area (Å²) in [7, 11) is 0. The number of carbonyl (C=O) groups is 3. The van der Waals surface area contributed by atoms with E-state index >= 15 is 0 Å². The van der Waals surface area contributed by atoms with Crippen molar-refractivity contribution in [2.24, 2.45) is 17.3 Å². The first-order valence-electron chi connectivity index (χ1n) is 17.8. The molecule has 0 bridgehead atoms. The fourth-order valence-corrected chi connectivity index (χ4v) is 8.58. The van der Waals surface area contributed by atoms with Gasteiger partial charge in [-0.05, 0) is 56.2 Å². The number of H-pyrrole nitrogens is 1. The lowest BCUT2D eigenvalue weighted by atomic mass is 9.87. The van der Waals surface area contributed by atoms with Crippen LogP contribution in [0.3, 0.4) is 0 Å². The Labute approximate surface area is 292 Å². The average molecular weight is 710 g/mol. The summed E-state index contributed by atoms with van der Waals surface area (Å²) >= 11 is 0. The fourth-order valence-electron chi connectivity index (χ4n) is 8.58. The predicted octanol–water partition coefficient (Wildman–Crippen LogP) is 3.85. The number of aliphatic hydroxyl groups excluding tert-OH is 1. The van der Waals surface area contributed by atoms with Crippen LogP contribution in [0.1, 0.15) is 78.6 Å². The third kappa shape index (κ3) is 6.05. The predicted molar refractivity (Wildman–Crippen MR) is 179 cm³/mol. The van der Waals surface area contributed by atoms with Gasteiger partial charge in [0.15, 0.2) is 6.23 Å². The Hall–Kier alpha value is -4.44. The molecule has 3 aliphatic heterocycles. The minimum absolute atomic E-state index is 0.0149. The molecular weight excluding hydrogens is 667 g/mol. The number of likely N-dealkylation sites (tertiary alicyclic amines) is 2. The van der Waals surface area contributed by atoms with Gasteiger partial charge >= 0.3 is 6.03 Å². The molecule has 16 heteroatoms. The summed E-state index contributed by atoms with van der Waals surface area (Å²) in [6, 6.07) is 3.52. The number of aromatic nitrogens is 4. The van der Waals surface area contributed by atoms with Crippen molar-refractivity contribution in [3.8, 4) is 0 Å². The summed E-state index contributed by atoms with van der Waals surface area (Å²) in [5, 5.41) is 27.8. The SMILES string of the molecule is C[C@@]12Cc3[nH]nc(C(O)Nc4cnn(C5CCN(CC6CCN(C(=O)c7ccc(F)c(N8CCC(=O)NC8=O)c7)CC6)CC5)c4)c3C[C@@H]1C2(F)F. The first kappa shape index (κ1) is 33.7. The second kappa shape index (κ2) is 12.7. The fraction of sp³-hybridized carbons (Fsp3) is 0.571. The van der Waals surface area contributed by atoms with Gasteiger partial charge in [0.25, 0.3) is 11.8 Å². The molecule has 2 aromatic heterocycles. The van der Waals surface area contributed by atoms with Crippen LogP contribution >= 0.6 is 0 Å². The monoisotopic (exact) mass is 709 g/mol. The van der Waals surface area contributed by atoms with Crippen LogP contribution < -0.4 is 15.5 Å². The number of anilines is 2. The zero-order chi connectivity index (χ0) is 35.7. The van der Waals surface area contributed by atoms with Crippen molar-refractivity contribution in [1.82, 2.24) is 35.1 Å². The lowest BCUT2D eigenvalue weighted by Gasteiger charge is -2.37. The van der Waals surface area contributed by atoms with Gasteiger partial charge in [0.05, 0.1) is 23.6 Å². The number of carbonyl (C=O) groups excluding carboxylic acids is 3. The van der Waals surface area contributed by atoms with Crippen LogP contribution in [0.15, 0.2) is 30.6 Å². The van der Waals surface area contributed by atoms with Crippen LogP contribution in [0.4, 0.5) is 29.3 Å². The number of imide groups is 1. The Morgan fingerprint density at radius 1 is 1.12 bits per heavy atom. The van der Waals surface area contributed by atoms with E-state index in [-0.39, 0.29) is 43.4 Å². The Bertz CT molecular complexity index is 1850. The normalized spacial score (nSPS) is 26.0. The number of hydrogen-bond acceptors (Lipinski definition) is 8. The number of urea groups is 1. The second-order valence-corrected chi connectivity index (χ2v) is 15.0. The summed E-state index contributed by atoms with van der Waals surface area (Å²) in [5.41, 5.74) is 1.60. The van der Waals surface area contributed by atoms with E-state index in [0.29, 0.717) is 47.2 Å². The minimum atomic E-state index is -2.70. The molecule has 1 saturated carbocycles. The van der Waals surface area contributed by atoms with E-state index in [1.54, 1.807) is 18.0 Å². The molecule has 3 atom stereocenters. The van der Waals surface area contributed by atoms with E-state index in [1.165, 1.54) is 18.2 Å². The van der Waals surface area contributed by atoms with Crippen molar-refractivity contribution in [3.63, 3.8) is 0 Å². The van der Waals surface area contributed by atoms with Gasteiger partial charge in [-0.3, -0.25) is 29.6 Å². The zero-order valence-electron chi connectivity index (χ0n) is 28.4. The van der Waals surface area contributed by atoms with Gasteiger partial charge in [0.1, 0.15) is 11.5 Å². The maximum atomic E-state index is 14.6. The largest absolute Gasteiger partial charge is 0.368 e. The summed E-state index contributed by atoms with van der Waals surface area (Å²) in [6.45, 7) is 5.61. The molecule has 0 spiro atoms. The maximum absolute atomic E-state index is 14.6. The van der Waals surface area contributed by atoms with Crippen LogP contribution in [-0.2, 0) is 17.6 Å². The Kier molecular flexibility index (Phi) is 8.36. The molecular formula is C35H42F3N9O4. The van der Waals surface area contributed by atoms with Gasteiger partial charge in [-0.15, -0.1) is 0 Å². The molecule has 4 amide bonds. The number of aromatic amines is 1. The molecule has 4 N–H and O–H groups in total. The van der Waals surface area contributed by atoms with E-state index in [0.717, 1.165) is 50.2 Å². The lowest BCUT2D eigenvalue weighted by Crippen LogP contribution is -2.50. The molecule has 4 fully saturated rings. The number of hydrogen-bond donors (Lipinski definition) is 4. The molecule has 0 radical (unpaired) electrons. The van der Waals surface area contributed by atoms with Crippen LogP contribution in [-0.4, -0.2) is 97.9 Å². The van der Waals surface area contributed by atoms with Crippen LogP contribution in [0, 0.1) is 23.1 Å². The van der Waals surface area contributed by atoms with Crippen molar-refractivity contribution in [2.45, 2.75) is 70.1 Å². The van der Waals surface area contributed by atoms with Crippen LogP contribution in [0.25, 0.3) is 0 Å². The number of amides is 4. The van der Waals surface area contributed by atoms with Crippen molar-refractivity contribution in [2.75, 3.05) is 49.5 Å². The van der Waals surface area contributed by atoms with E-state index in [9.17, 15) is 32.7 Å². The molecule has 2 aliphatic carbocycles. The molecule has 272 valence electrons. The lowest BCUT2D eigenvalue weighted by molar-refractivity contribution is -0.120. The Morgan fingerprint density at radius 3 is 2.63 bits per heavy atom. The quantitative estimate of drug-likeness (QED) is 0.258. The van der Waals surface area contributed by atoms with Crippen molar-refractivity contribution in [1.29, 1.82) is 0 Å². The van der Waals surface area contributed by atoms with Crippen molar-refractivity contribution < 1.29 is 32.7 Å². The van der Waals surface area contributed by atoms with E-state index in [4.69, 9.17) is 0 Å². The number of rotatable bonds is 8. The molecule has 3 saturated heterocycles. The van der Waals surface area contributed by atoms with Crippen LogP contribution in [0.2, 0.25) is 0 Å². The van der Waals surface area contributed by atoms with Gasteiger partial charge in [-0.1, -0.05) is 6.92 Å². The van der Waals surface area contributed by atoms with Crippen LogP contribution in [0.5, 0.6) is 0 Å². The summed E-state index contributed by atoms with van der Waals surface area (Å²) in [4.78, 5) is 42.5. The van der Waals surface area contributed by atoms with Gasteiger partial charge in [0, 0.05) is 86.5 Å². The number of alkyl halides is 2. The Morgan fingerprint density at radius 2 is 1.88 bits per heavy atom. The molecule has 8 rings (SSSR count). The standard InChI is InChI=1S/C35H42F3N9O4/c1-34-16-26-24(15-28(34)35(34,37)38)30(43-42-26)31(49)40-22-17-39-47(19-22)23-6-9-44(10-7-23)18-20-4-11-45(12-5-20)32(50)21-2-3-25(36)27(14-21)46-13-8-29(48)41-33(46)51/h2-3,14,17,19-20,23,28,31,40,49H,4-13,15-16,18H2,1H3,(H,42,43)(H,41,48,51)/t28-,31?,34+/m0/s1.